The van der Waals surface area contributed by atoms with Gasteiger partial charge in [-0.25, -0.2) is 4.79 Å². The number of carbonyl (C=O) groups is 3. The summed E-state index contributed by atoms with van der Waals surface area (Å²) in [6.07, 6.45) is 2.17. The van der Waals surface area contributed by atoms with Crippen LogP contribution in [0.3, 0.4) is 0 Å². The topological polar surface area (TPSA) is 90.9 Å². The zero-order valence-corrected chi connectivity index (χ0v) is 16.2. The van der Waals surface area contributed by atoms with Gasteiger partial charge in [-0.1, -0.05) is 0 Å². The molecule has 1 N–H and O–H groups in total. The molecule has 1 saturated heterocycles. The number of ketones is 1. The number of anilines is 1. The highest BCUT2D eigenvalue weighted by molar-refractivity contribution is 5.97. The number of rotatable bonds is 8. The summed E-state index contributed by atoms with van der Waals surface area (Å²) in [4.78, 5) is 35.3. The number of carbonyl (C=O) groups excluding carboxylic acids is 3. The molecule has 2 aromatic carbocycles. The molecule has 1 atom stereocenters. The monoisotopic (exact) mass is 397 g/mol. The summed E-state index contributed by atoms with van der Waals surface area (Å²) >= 11 is 0. The Morgan fingerprint density at radius 1 is 1.03 bits per heavy atom. The van der Waals surface area contributed by atoms with E-state index < -0.39 is 18.5 Å². The SMILES string of the molecule is CC(=O)c1ccc(NC(=O)COC(=O)c2ccc(OC[C@@H]3CCCO3)cc2)cc1. The van der Waals surface area contributed by atoms with Gasteiger partial charge in [-0.05, 0) is 68.3 Å². The molecule has 0 spiro atoms. The molecule has 1 fully saturated rings. The van der Waals surface area contributed by atoms with E-state index in [1.54, 1.807) is 48.5 Å². The number of Topliss-reactive ketones (excluding diaryl/α,β-unsaturated/α-hetero) is 1. The van der Waals surface area contributed by atoms with Crippen LogP contribution in [0, 0.1) is 0 Å². The van der Waals surface area contributed by atoms with Crippen molar-refractivity contribution in [1.29, 1.82) is 0 Å². The van der Waals surface area contributed by atoms with E-state index in [0.29, 0.717) is 29.2 Å². The Morgan fingerprint density at radius 3 is 2.34 bits per heavy atom. The van der Waals surface area contributed by atoms with Gasteiger partial charge in [0.05, 0.1) is 11.7 Å². The molecule has 2 aromatic rings. The van der Waals surface area contributed by atoms with E-state index in [2.05, 4.69) is 5.32 Å². The van der Waals surface area contributed by atoms with Crippen molar-refractivity contribution in [3.05, 3.63) is 59.7 Å². The van der Waals surface area contributed by atoms with Crippen molar-refractivity contribution in [2.24, 2.45) is 0 Å². The smallest absolute Gasteiger partial charge is 0.338 e. The summed E-state index contributed by atoms with van der Waals surface area (Å²) in [6.45, 7) is 2.31. The van der Waals surface area contributed by atoms with Crippen LogP contribution in [-0.2, 0) is 14.3 Å². The molecule has 1 aliphatic rings. The zero-order valence-electron chi connectivity index (χ0n) is 16.2. The Balaban J connectivity index is 1.43. The maximum atomic E-state index is 12.1. The van der Waals surface area contributed by atoms with E-state index in [-0.39, 0.29) is 11.9 Å². The van der Waals surface area contributed by atoms with Gasteiger partial charge in [0.1, 0.15) is 12.4 Å². The molecule has 1 amide bonds. The molecule has 1 heterocycles. The van der Waals surface area contributed by atoms with Crippen LogP contribution < -0.4 is 10.1 Å². The van der Waals surface area contributed by atoms with Crippen LogP contribution in [0.1, 0.15) is 40.5 Å². The molecule has 1 aliphatic heterocycles. The van der Waals surface area contributed by atoms with E-state index in [1.165, 1.54) is 6.92 Å². The summed E-state index contributed by atoms with van der Waals surface area (Å²) in [5.74, 6) is -0.480. The number of hydrogen-bond donors (Lipinski definition) is 1. The maximum absolute atomic E-state index is 12.1. The fourth-order valence-electron chi connectivity index (χ4n) is 2.85. The van der Waals surface area contributed by atoms with Gasteiger partial charge >= 0.3 is 5.97 Å². The highest BCUT2D eigenvalue weighted by atomic mass is 16.5. The third-order valence-electron chi connectivity index (χ3n) is 4.46. The fraction of sp³-hybridized carbons (Fsp3) is 0.318. The molecule has 3 rings (SSSR count). The fourth-order valence-corrected chi connectivity index (χ4v) is 2.85. The Morgan fingerprint density at radius 2 is 1.72 bits per heavy atom. The molecule has 0 radical (unpaired) electrons. The Kier molecular flexibility index (Phi) is 6.97. The van der Waals surface area contributed by atoms with Crippen molar-refractivity contribution in [1.82, 2.24) is 0 Å². The van der Waals surface area contributed by atoms with Crippen LogP contribution in [0.2, 0.25) is 0 Å². The first-order valence-electron chi connectivity index (χ1n) is 9.44. The third kappa shape index (κ3) is 6.15. The second-order valence-corrected chi connectivity index (χ2v) is 6.73. The lowest BCUT2D eigenvalue weighted by atomic mass is 10.1. The quantitative estimate of drug-likeness (QED) is 0.543. The molecule has 0 saturated carbocycles. The number of esters is 1. The predicted molar refractivity (Wildman–Crippen MR) is 106 cm³/mol. The average Bonchev–Trinajstić information content (AvgIpc) is 3.25. The Bertz CT molecular complexity index is 854. The van der Waals surface area contributed by atoms with Crippen molar-refractivity contribution in [2.45, 2.75) is 25.9 Å². The van der Waals surface area contributed by atoms with Gasteiger partial charge in [-0.15, -0.1) is 0 Å². The number of benzene rings is 2. The first-order valence-corrected chi connectivity index (χ1v) is 9.44. The first-order chi connectivity index (χ1) is 14.0. The zero-order chi connectivity index (χ0) is 20.6. The van der Waals surface area contributed by atoms with Crippen LogP contribution in [0.25, 0.3) is 0 Å². The molecule has 0 unspecified atom stereocenters. The van der Waals surface area contributed by atoms with Gasteiger partial charge in [0.25, 0.3) is 5.91 Å². The second kappa shape index (κ2) is 9.84. The minimum atomic E-state index is -0.599. The second-order valence-electron chi connectivity index (χ2n) is 6.73. The van der Waals surface area contributed by atoms with E-state index in [0.717, 1.165) is 19.4 Å². The molecule has 0 aliphatic carbocycles. The van der Waals surface area contributed by atoms with Crippen LogP contribution >= 0.6 is 0 Å². The minimum absolute atomic E-state index is 0.0555. The molecule has 7 heteroatoms. The maximum Gasteiger partial charge on any atom is 0.338 e. The minimum Gasteiger partial charge on any atom is -0.491 e. The van der Waals surface area contributed by atoms with Gasteiger partial charge in [-0.3, -0.25) is 9.59 Å². The molecule has 0 bridgehead atoms. The van der Waals surface area contributed by atoms with Crippen LogP contribution in [0.15, 0.2) is 48.5 Å². The third-order valence-corrected chi connectivity index (χ3v) is 4.46. The summed E-state index contributed by atoms with van der Waals surface area (Å²) < 4.78 is 16.2. The van der Waals surface area contributed by atoms with E-state index in [1.807, 2.05) is 0 Å². The van der Waals surface area contributed by atoms with E-state index in [9.17, 15) is 14.4 Å². The van der Waals surface area contributed by atoms with Crippen molar-refractivity contribution in [3.63, 3.8) is 0 Å². The van der Waals surface area contributed by atoms with E-state index >= 15 is 0 Å². The van der Waals surface area contributed by atoms with Crippen LogP contribution in [0.4, 0.5) is 5.69 Å². The molecule has 152 valence electrons. The normalized spacial score (nSPS) is 15.6. The van der Waals surface area contributed by atoms with Gasteiger partial charge in [-0.2, -0.15) is 0 Å². The molecule has 7 nitrogen and oxygen atoms in total. The molecular weight excluding hydrogens is 374 g/mol. The Hall–Kier alpha value is -3.19. The summed E-state index contributed by atoms with van der Waals surface area (Å²) in [5.41, 5.74) is 1.40. The largest absolute Gasteiger partial charge is 0.491 e. The van der Waals surface area contributed by atoms with Crippen molar-refractivity contribution in [3.8, 4) is 5.75 Å². The van der Waals surface area contributed by atoms with Crippen molar-refractivity contribution >= 4 is 23.3 Å². The number of ether oxygens (including phenoxy) is 3. The van der Waals surface area contributed by atoms with Gasteiger partial charge in [0, 0.05) is 17.9 Å². The Labute approximate surface area is 169 Å². The number of nitrogens with one attached hydrogen (secondary N) is 1. The van der Waals surface area contributed by atoms with Crippen LogP contribution in [0.5, 0.6) is 5.75 Å². The lowest BCUT2D eigenvalue weighted by Gasteiger charge is -2.11. The predicted octanol–water partition coefficient (Wildman–Crippen LogP) is 3.24. The molecular formula is C22H23NO6. The van der Waals surface area contributed by atoms with E-state index in [4.69, 9.17) is 14.2 Å². The highest BCUT2D eigenvalue weighted by Gasteiger charge is 2.16. The summed E-state index contributed by atoms with van der Waals surface area (Å²) in [6, 6.07) is 13.0. The molecule has 0 aromatic heterocycles. The van der Waals surface area contributed by atoms with Crippen molar-refractivity contribution in [2.75, 3.05) is 25.1 Å². The van der Waals surface area contributed by atoms with Crippen molar-refractivity contribution < 1.29 is 28.6 Å². The number of amides is 1. The summed E-state index contributed by atoms with van der Waals surface area (Å²) in [5, 5.41) is 2.61. The average molecular weight is 397 g/mol. The van der Waals surface area contributed by atoms with Crippen LogP contribution in [-0.4, -0.2) is 43.6 Å². The van der Waals surface area contributed by atoms with Gasteiger partial charge < -0.3 is 19.5 Å². The lowest BCUT2D eigenvalue weighted by molar-refractivity contribution is -0.119. The van der Waals surface area contributed by atoms with Gasteiger partial charge in [0.2, 0.25) is 0 Å². The lowest BCUT2D eigenvalue weighted by Crippen LogP contribution is -2.21. The summed E-state index contributed by atoms with van der Waals surface area (Å²) in [7, 11) is 0. The highest BCUT2D eigenvalue weighted by Crippen LogP contribution is 2.17. The first kappa shape index (κ1) is 20.5. The van der Waals surface area contributed by atoms with Gasteiger partial charge in [0.15, 0.2) is 12.4 Å². The molecule has 29 heavy (non-hydrogen) atoms. The number of hydrogen-bond acceptors (Lipinski definition) is 6. The standard InChI is InChI=1S/C22H23NO6/c1-15(24)16-4-8-18(9-5-16)23-21(25)14-29-22(26)17-6-10-19(11-7-17)28-13-20-3-2-12-27-20/h4-11,20H,2-3,12-14H2,1H3,(H,23,25)/t20-/m0/s1.